The second kappa shape index (κ2) is 7.72. The van der Waals surface area contributed by atoms with Gasteiger partial charge in [-0.3, -0.25) is 4.79 Å². The number of aryl methyl sites for hydroxylation is 2. The molecule has 0 atom stereocenters. The zero-order valence-corrected chi connectivity index (χ0v) is 16.1. The van der Waals surface area contributed by atoms with Crippen LogP contribution in [-0.4, -0.2) is 53.5 Å². The number of nitrogens with zero attached hydrogens (tertiary/aromatic N) is 5. The first-order valence-corrected chi connectivity index (χ1v) is 9.18. The predicted molar refractivity (Wildman–Crippen MR) is 105 cm³/mol. The van der Waals surface area contributed by atoms with Gasteiger partial charge in [-0.2, -0.15) is 0 Å². The number of amides is 1. The van der Waals surface area contributed by atoms with Crippen molar-refractivity contribution in [2.75, 3.05) is 42.5 Å². The molecular weight excluding hydrogens is 326 g/mol. The molecule has 0 saturated carbocycles. The summed E-state index contributed by atoms with van der Waals surface area (Å²) >= 11 is 0. The highest BCUT2D eigenvalue weighted by atomic mass is 16.2. The van der Waals surface area contributed by atoms with Crippen molar-refractivity contribution in [2.45, 2.75) is 27.7 Å². The summed E-state index contributed by atoms with van der Waals surface area (Å²) in [7, 11) is 0. The molecule has 0 bridgehead atoms. The third-order valence-corrected chi connectivity index (χ3v) is 4.77. The Morgan fingerprint density at radius 3 is 2.46 bits per heavy atom. The predicted octanol–water partition coefficient (Wildman–Crippen LogP) is 2.92. The molecule has 0 unspecified atom stereocenters. The van der Waals surface area contributed by atoms with Crippen LogP contribution in [0.1, 0.15) is 25.2 Å². The number of hydrogen-bond donors (Lipinski definition) is 0. The summed E-state index contributed by atoms with van der Waals surface area (Å²) in [5.41, 5.74) is 2.37. The van der Waals surface area contributed by atoms with E-state index in [4.69, 9.17) is 0 Å². The van der Waals surface area contributed by atoms with Crippen molar-refractivity contribution in [2.24, 2.45) is 0 Å². The smallest absolute Gasteiger partial charge is 0.219 e. The summed E-state index contributed by atoms with van der Waals surface area (Å²) in [5, 5.41) is 0. The molecular formula is C20H27N5O. The largest absolute Gasteiger partial charge is 0.353 e. The topological polar surface area (TPSA) is 52.6 Å². The highest BCUT2D eigenvalue weighted by Crippen LogP contribution is 2.27. The van der Waals surface area contributed by atoms with Crippen LogP contribution in [0.25, 0.3) is 0 Å². The summed E-state index contributed by atoms with van der Waals surface area (Å²) in [6.45, 7) is 11.7. The van der Waals surface area contributed by atoms with Crippen molar-refractivity contribution in [3.8, 4) is 0 Å². The number of carbonyl (C=O) groups is 1. The van der Waals surface area contributed by atoms with Gasteiger partial charge in [-0.05, 0) is 38.5 Å². The maximum atomic E-state index is 11.5. The number of carbonyl (C=O) groups excluding carboxylic acids is 1. The highest BCUT2D eigenvalue weighted by molar-refractivity contribution is 5.73. The molecule has 1 aliphatic rings. The fourth-order valence-electron chi connectivity index (χ4n) is 3.36. The zero-order valence-electron chi connectivity index (χ0n) is 16.1. The molecule has 0 N–H and O–H groups in total. The fourth-order valence-corrected chi connectivity index (χ4v) is 3.36. The van der Waals surface area contributed by atoms with Crippen LogP contribution in [0, 0.1) is 13.8 Å². The minimum absolute atomic E-state index is 0.140. The maximum absolute atomic E-state index is 11.5. The van der Waals surface area contributed by atoms with E-state index in [0.29, 0.717) is 0 Å². The first kappa shape index (κ1) is 18.2. The minimum Gasteiger partial charge on any atom is -0.353 e. The second-order valence-corrected chi connectivity index (χ2v) is 6.71. The Morgan fingerprint density at radius 1 is 1.12 bits per heavy atom. The van der Waals surface area contributed by atoms with E-state index in [1.54, 1.807) is 6.92 Å². The van der Waals surface area contributed by atoms with Gasteiger partial charge in [0.25, 0.3) is 0 Å². The third kappa shape index (κ3) is 3.95. The van der Waals surface area contributed by atoms with Gasteiger partial charge in [0.05, 0.1) is 0 Å². The first-order chi connectivity index (χ1) is 12.5. The molecule has 2 aromatic rings. The van der Waals surface area contributed by atoms with Crippen LogP contribution in [0.4, 0.5) is 17.3 Å². The molecule has 26 heavy (non-hydrogen) atoms. The average molecular weight is 353 g/mol. The monoisotopic (exact) mass is 353 g/mol. The number of rotatable bonds is 4. The van der Waals surface area contributed by atoms with Crippen molar-refractivity contribution >= 4 is 23.2 Å². The van der Waals surface area contributed by atoms with Gasteiger partial charge >= 0.3 is 0 Å². The van der Waals surface area contributed by atoms with Gasteiger partial charge in [0.15, 0.2) is 0 Å². The fraction of sp³-hybridized carbons (Fsp3) is 0.450. The van der Waals surface area contributed by atoms with Crippen LogP contribution in [0.2, 0.25) is 0 Å². The van der Waals surface area contributed by atoms with Crippen LogP contribution in [0.5, 0.6) is 0 Å². The van der Waals surface area contributed by atoms with Gasteiger partial charge in [0.2, 0.25) is 5.91 Å². The normalized spacial score (nSPS) is 14.5. The Labute approximate surface area is 155 Å². The van der Waals surface area contributed by atoms with E-state index < -0.39 is 0 Å². The van der Waals surface area contributed by atoms with Gasteiger partial charge in [-0.1, -0.05) is 12.1 Å². The summed E-state index contributed by atoms with van der Waals surface area (Å²) in [6, 6.07) is 10.5. The summed E-state index contributed by atoms with van der Waals surface area (Å²) in [5.74, 6) is 2.75. The molecule has 1 aromatic heterocycles. The molecule has 2 heterocycles. The average Bonchev–Trinajstić information content (AvgIpc) is 2.62. The Bertz CT molecular complexity index is 784. The Kier molecular flexibility index (Phi) is 5.40. The van der Waals surface area contributed by atoms with E-state index in [-0.39, 0.29) is 5.91 Å². The number of anilines is 3. The summed E-state index contributed by atoms with van der Waals surface area (Å²) < 4.78 is 0. The van der Waals surface area contributed by atoms with Crippen LogP contribution in [-0.2, 0) is 4.79 Å². The van der Waals surface area contributed by atoms with Gasteiger partial charge in [-0.15, -0.1) is 0 Å². The van der Waals surface area contributed by atoms with Gasteiger partial charge in [0.1, 0.15) is 17.5 Å². The zero-order chi connectivity index (χ0) is 18.7. The number of benzene rings is 1. The lowest BCUT2D eigenvalue weighted by Crippen LogP contribution is -2.48. The van der Waals surface area contributed by atoms with E-state index in [1.165, 1.54) is 5.56 Å². The first-order valence-electron chi connectivity index (χ1n) is 9.18. The number of piperazine rings is 1. The minimum atomic E-state index is 0.140. The molecule has 1 aromatic carbocycles. The summed E-state index contributed by atoms with van der Waals surface area (Å²) in [4.78, 5) is 27.2. The molecule has 6 nitrogen and oxygen atoms in total. The van der Waals surface area contributed by atoms with E-state index in [1.807, 2.05) is 11.8 Å². The Morgan fingerprint density at radius 2 is 1.85 bits per heavy atom. The number of aromatic nitrogens is 2. The van der Waals surface area contributed by atoms with E-state index >= 15 is 0 Å². The lowest BCUT2D eigenvalue weighted by molar-refractivity contribution is -0.129. The van der Waals surface area contributed by atoms with E-state index in [9.17, 15) is 4.79 Å². The van der Waals surface area contributed by atoms with Crippen molar-refractivity contribution in [1.82, 2.24) is 14.9 Å². The maximum Gasteiger partial charge on any atom is 0.219 e. The Balaban J connectivity index is 1.86. The van der Waals surface area contributed by atoms with Crippen LogP contribution >= 0.6 is 0 Å². The molecule has 0 radical (unpaired) electrons. The second-order valence-electron chi connectivity index (χ2n) is 6.71. The van der Waals surface area contributed by atoms with Gasteiger partial charge in [0, 0.05) is 51.4 Å². The SMILES string of the molecule is CCN(c1cccc(C)c1)c1cc(N2CCN(C(C)=O)CC2)nc(C)n1. The van der Waals surface area contributed by atoms with E-state index in [0.717, 1.165) is 55.9 Å². The molecule has 1 saturated heterocycles. The van der Waals surface area contributed by atoms with Gasteiger partial charge < -0.3 is 14.7 Å². The molecule has 1 aliphatic heterocycles. The lowest BCUT2D eigenvalue weighted by Gasteiger charge is -2.35. The lowest BCUT2D eigenvalue weighted by atomic mass is 10.2. The molecule has 0 spiro atoms. The molecule has 138 valence electrons. The standard InChI is InChI=1S/C20H27N5O/c1-5-25(18-8-6-7-15(2)13-18)20-14-19(21-16(3)22-20)24-11-9-23(10-12-24)17(4)26/h6-8,13-14H,5,9-12H2,1-4H3. The van der Waals surface area contributed by atoms with Crippen molar-refractivity contribution in [1.29, 1.82) is 0 Å². The van der Waals surface area contributed by atoms with Crippen molar-refractivity contribution in [3.05, 3.63) is 41.7 Å². The molecule has 1 amide bonds. The van der Waals surface area contributed by atoms with Gasteiger partial charge in [-0.25, -0.2) is 9.97 Å². The summed E-state index contributed by atoms with van der Waals surface area (Å²) in [6.07, 6.45) is 0. The van der Waals surface area contributed by atoms with Crippen LogP contribution < -0.4 is 9.80 Å². The van der Waals surface area contributed by atoms with Crippen molar-refractivity contribution < 1.29 is 4.79 Å². The molecule has 3 rings (SSSR count). The molecule has 1 fully saturated rings. The van der Waals surface area contributed by atoms with Crippen LogP contribution in [0.15, 0.2) is 30.3 Å². The third-order valence-electron chi connectivity index (χ3n) is 4.77. The Hall–Kier alpha value is -2.63. The number of hydrogen-bond acceptors (Lipinski definition) is 5. The highest BCUT2D eigenvalue weighted by Gasteiger charge is 2.21. The van der Waals surface area contributed by atoms with Crippen molar-refractivity contribution in [3.63, 3.8) is 0 Å². The van der Waals surface area contributed by atoms with Crippen LogP contribution in [0.3, 0.4) is 0 Å². The van der Waals surface area contributed by atoms with E-state index in [2.05, 4.69) is 63.9 Å². The molecule has 6 heteroatoms. The molecule has 0 aliphatic carbocycles. The quantitative estimate of drug-likeness (QED) is 0.846.